The molecule has 7 nitrogen and oxygen atoms in total. The molecule has 27 heavy (non-hydrogen) atoms. The third kappa shape index (κ3) is 6.06. The first kappa shape index (κ1) is 19.4. The van der Waals surface area contributed by atoms with Gasteiger partial charge in [0.25, 0.3) is 17.7 Å². The number of amides is 3. The molecule has 1 aromatic rings. The molecule has 1 aromatic carbocycles. The molecule has 3 amide bonds. The fraction of sp³-hybridized carbons (Fsp3) is 0.550. The first-order valence-corrected chi connectivity index (χ1v) is 9.81. The Bertz CT molecular complexity index is 696. The first-order valence-electron chi connectivity index (χ1n) is 9.81. The third-order valence-corrected chi connectivity index (χ3v) is 5.00. The van der Waals surface area contributed by atoms with Gasteiger partial charge in [0, 0.05) is 12.1 Å². The molecular weight excluding hydrogens is 344 g/mol. The van der Waals surface area contributed by atoms with Crippen LogP contribution in [-0.4, -0.2) is 49.9 Å². The molecule has 2 aliphatic rings. The van der Waals surface area contributed by atoms with Gasteiger partial charge in [-0.25, -0.2) is 0 Å². The minimum Gasteiger partial charge on any atom is -0.349 e. The van der Waals surface area contributed by atoms with Crippen LogP contribution in [0.3, 0.4) is 0 Å². The molecule has 7 heteroatoms. The van der Waals surface area contributed by atoms with Gasteiger partial charge in [0.15, 0.2) is 13.1 Å². The fourth-order valence-electron chi connectivity index (χ4n) is 3.43. The molecule has 0 bridgehead atoms. The maximum Gasteiger partial charge on any atom is 0.279 e. The Balaban J connectivity index is 1.52. The summed E-state index contributed by atoms with van der Waals surface area (Å²) >= 11 is 0. The second-order valence-corrected chi connectivity index (χ2v) is 7.70. The highest BCUT2D eigenvalue weighted by Gasteiger charge is 2.25. The molecule has 0 saturated heterocycles. The highest BCUT2D eigenvalue weighted by Crippen LogP contribution is 2.20. The summed E-state index contributed by atoms with van der Waals surface area (Å²) in [6, 6.07) is 7.59. The van der Waals surface area contributed by atoms with Gasteiger partial charge in [0.05, 0.1) is 18.3 Å². The Labute approximate surface area is 159 Å². The highest BCUT2D eigenvalue weighted by molar-refractivity contribution is 6.04. The largest absolute Gasteiger partial charge is 0.349 e. The standard InChI is InChI=1S/C20H28N4O3/c1-24(12-18(25)21-15-10-11-15)13-19(26)23-17-9-5-4-8-16(17)20(27)22-14-6-2-3-7-14/h4-5,8-9,14-15H,2-3,6-7,10-13H2,1H3,(H,21,25)(H,22,27)(H,23,26)/p+1. The predicted molar refractivity (Wildman–Crippen MR) is 103 cm³/mol. The highest BCUT2D eigenvalue weighted by atomic mass is 16.2. The van der Waals surface area contributed by atoms with E-state index in [-0.39, 0.29) is 36.9 Å². The number of nitrogens with one attached hydrogen (secondary N) is 4. The second kappa shape index (κ2) is 8.99. The number of rotatable bonds is 8. The SMILES string of the molecule is C[NH+](CC(=O)Nc1ccccc1C(=O)NC1CCCC1)CC(=O)NC1CC1. The van der Waals surface area contributed by atoms with Gasteiger partial charge >= 0.3 is 0 Å². The lowest BCUT2D eigenvalue weighted by molar-refractivity contribution is -0.862. The number of hydrogen-bond acceptors (Lipinski definition) is 3. The molecule has 3 rings (SSSR count). The van der Waals surface area contributed by atoms with Crippen LogP contribution in [0.5, 0.6) is 0 Å². The van der Waals surface area contributed by atoms with E-state index in [9.17, 15) is 14.4 Å². The maximum absolute atomic E-state index is 12.6. The summed E-state index contributed by atoms with van der Waals surface area (Å²) in [5.74, 6) is -0.394. The van der Waals surface area contributed by atoms with E-state index >= 15 is 0 Å². The minimum atomic E-state index is -0.215. The summed E-state index contributed by atoms with van der Waals surface area (Å²) in [7, 11) is 1.81. The van der Waals surface area contributed by atoms with Gasteiger partial charge in [0.2, 0.25) is 0 Å². The monoisotopic (exact) mass is 373 g/mol. The number of para-hydroxylation sites is 1. The quantitative estimate of drug-likeness (QED) is 0.521. The average Bonchev–Trinajstić information content (AvgIpc) is 3.27. The summed E-state index contributed by atoms with van der Waals surface area (Å²) in [4.78, 5) is 37.6. The van der Waals surface area contributed by atoms with Gasteiger partial charge in [-0.2, -0.15) is 0 Å². The van der Waals surface area contributed by atoms with Crippen molar-refractivity contribution >= 4 is 23.4 Å². The van der Waals surface area contributed by atoms with Crippen LogP contribution in [0.15, 0.2) is 24.3 Å². The first-order chi connectivity index (χ1) is 13.0. The van der Waals surface area contributed by atoms with E-state index in [0.717, 1.165) is 43.4 Å². The Kier molecular flexibility index (Phi) is 6.45. The minimum absolute atomic E-state index is 0.0286. The van der Waals surface area contributed by atoms with Crippen molar-refractivity contribution < 1.29 is 19.3 Å². The molecule has 2 saturated carbocycles. The smallest absolute Gasteiger partial charge is 0.279 e. The van der Waals surface area contributed by atoms with E-state index in [4.69, 9.17) is 0 Å². The molecule has 0 heterocycles. The van der Waals surface area contributed by atoms with Gasteiger partial charge in [-0.05, 0) is 37.8 Å². The lowest BCUT2D eigenvalue weighted by Crippen LogP contribution is -3.11. The summed E-state index contributed by atoms with van der Waals surface area (Å²) < 4.78 is 0. The summed E-state index contributed by atoms with van der Waals surface area (Å²) in [6.07, 6.45) is 6.41. The van der Waals surface area contributed by atoms with Crippen molar-refractivity contribution in [3.8, 4) is 0 Å². The van der Waals surface area contributed by atoms with E-state index in [2.05, 4.69) is 16.0 Å². The van der Waals surface area contributed by atoms with Crippen LogP contribution in [0.25, 0.3) is 0 Å². The number of likely N-dealkylation sites (N-methyl/N-ethyl adjacent to an activating group) is 1. The van der Waals surface area contributed by atoms with Crippen LogP contribution in [0.4, 0.5) is 5.69 Å². The molecule has 4 N–H and O–H groups in total. The summed E-state index contributed by atoms with van der Waals surface area (Å²) in [5.41, 5.74) is 0.982. The van der Waals surface area contributed by atoms with E-state index < -0.39 is 0 Å². The van der Waals surface area contributed by atoms with Crippen molar-refractivity contribution in [1.82, 2.24) is 10.6 Å². The maximum atomic E-state index is 12.6. The van der Waals surface area contributed by atoms with Gasteiger partial charge in [0.1, 0.15) is 0 Å². The van der Waals surface area contributed by atoms with Crippen molar-refractivity contribution in [3.05, 3.63) is 29.8 Å². The molecule has 1 unspecified atom stereocenters. The van der Waals surface area contributed by atoms with E-state index in [1.165, 1.54) is 0 Å². The molecule has 0 spiro atoms. The Morgan fingerprint density at radius 1 is 0.926 bits per heavy atom. The Hall–Kier alpha value is -2.41. The molecule has 0 aromatic heterocycles. The predicted octanol–water partition coefficient (Wildman–Crippen LogP) is 0.0908. The van der Waals surface area contributed by atoms with E-state index in [1.807, 2.05) is 7.05 Å². The number of carbonyl (C=O) groups excluding carboxylic acids is 3. The number of carbonyl (C=O) groups is 3. The number of benzene rings is 1. The molecule has 2 fully saturated rings. The third-order valence-electron chi connectivity index (χ3n) is 5.00. The summed E-state index contributed by atoms with van der Waals surface area (Å²) in [6.45, 7) is 0.421. The fourth-order valence-corrected chi connectivity index (χ4v) is 3.43. The van der Waals surface area contributed by atoms with Crippen molar-refractivity contribution in [3.63, 3.8) is 0 Å². The molecule has 0 aliphatic heterocycles. The zero-order valence-corrected chi connectivity index (χ0v) is 15.8. The van der Waals surface area contributed by atoms with Crippen molar-refractivity contribution in [2.24, 2.45) is 0 Å². The van der Waals surface area contributed by atoms with E-state index in [1.54, 1.807) is 24.3 Å². The number of hydrogen-bond donors (Lipinski definition) is 4. The van der Waals surface area contributed by atoms with Crippen molar-refractivity contribution in [2.75, 3.05) is 25.5 Å². The van der Waals surface area contributed by atoms with Gasteiger partial charge in [-0.1, -0.05) is 25.0 Å². The molecule has 1 atom stereocenters. The van der Waals surface area contributed by atoms with Crippen LogP contribution < -0.4 is 20.9 Å². The normalized spacial score (nSPS) is 18.0. The topological polar surface area (TPSA) is 91.7 Å². The Morgan fingerprint density at radius 3 is 2.26 bits per heavy atom. The zero-order valence-electron chi connectivity index (χ0n) is 15.8. The van der Waals surface area contributed by atoms with Gasteiger partial charge in [-0.15, -0.1) is 0 Å². The van der Waals surface area contributed by atoms with E-state index in [0.29, 0.717) is 17.3 Å². The van der Waals surface area contributed by atoms with Crippen LogP contribution in [-0.2, 0) is 9.59 Å². The molecule has 2 aliphatic carbocycles. The number of anilines is 1. The van der Waals surface area contributed by atoms with Crippen LogP contribution >= 0.6 is 0 Å². The lowest BCUT2D eigenvalue weighted by atomic mass is 10.1. The average molecular weight is 373 g/mol. The van der Waals surface area contributed by atoms with Crippen LogP contribution in [0.2, 0.25) is 0 Å². The second-order valence-electron chi connectivity index (χ2n) is 7.70. The summed E-state index contributed by atoms with van der Waals surface area (Å²) in [5, 5.41) is 8.79. The zero-order chi connectivity index (χ0) is 19.2. The van der Waals surface area contributed by atoms with Gasteiger partial charge < -0.3 is 20.9 Å². The molecule has 0 radical (unpaired) electrons. The van der Waals surface area contributed by atoms with Crippen LogP contribution in [0.1, 0.15) is 48.9 Å². The van der Waals surface area contributed by atoms with Crippen molar-refractivity contribution in [1.29, 1.82) is 0 Å². The van der Waals surface area contributed by atoms with Gasteiger partial charge in [-0.3, -0.25) is 14.4 Å². The molecular formula is C20H29N4O3+. The molecule has 146 valence electrons. The number of quaternary nitrogens is 1. The Morgan fingerprint density at radius 2 is 1.56 bits per heavy atom. The van der Waals surface area contributed by atoms with Crippen LogP contribution in [0, 0.1) is 0 Å². The van der Waals surface area contributed by atoms with Crippen molar-refractivity contribution in [2.45, 2.75) is 50.6 Å². The lowest BCUT2D eigenvalue weighted by Gasteiger charge is -2.16.